The smallest absolute Gasteiger partial charge is 0.307 e. The number of rotatable bonds is 5. The molecule has 0 bridgehead atoms. The molecule has 6 nitrogen and oxygen atoms in total. The monoisotopic (exact) mass is 373 g/mol. The highest BCUT2D eigenvalue weighted by molar-refractivity contribution is 5.95. The van der Waals surface area contributed by atoms with Crippen molar-refractivity contribution in [2.45, 2.75) is 51.0 Å². The third-order valence-electron chi connectivity index (χ3n) is 6.54. The van der Waals surface area contributed by atoms with Gasteiger partial charge in [-0.1, -0.05) is 0 Å². The number of nitrogens with zero attached hydrogens (tertiary/aromatic N) is 1. The van der Waals surface area contributed by atoms with Crippen molar-refractivity contribution in [2.75, 3.05) is 20.2 Å². The van der Waals surface area contributed by atoms with Crippen molar-refractivity contribution in [1.29, 1.82) is 0 Å². The molecule has 1 heterocycles. The molecule has 27 heavy (non-hydrogen) atoms. The molecule has 1 atom stereocenters. The highest BCUT2D eigenvalue weighted by Crippen LogP contribution is 2.59. The number of hydrogen-bond acceptors (Lipinski definition) is 4. The van der Waals surface area contributed by atoms with Crippen molar-refractivity contribution in [1.82, 2.24) is 4.90 Å². The lowest BCUT2D eigenvalue weighted by Gasteiger charge is -2.32. The second-order valence-corrected chi connectivity index (χ2v) is 8.14. The van der Waals surface area contributed by atoms with Crippen LogP contribution in [-0.2, 0) is 4.79 Å². The van der Waals surface area contributed by atoms with Crippen LogP contribution in [0, 0.1) is 11.3 Å². The molecule has 2 saturated carbocycles. The van der Waals surface area contributed by atoms with E-state index in [0.29, 0.717) is 30.2 Å². The molecule has 1 aromatic rings. The minimum absolute atomic E-state index is 0.0173. The summed E-state index contributed by atoms with van der Waals surface area (Å²) in [6.07, 6.45) is 6.94. The van der Waals surface area contributed by atoms with Gasteiger partial charge in [0.05, 0.1) is 19.1 Å². The van der Waals surface area contributed by atoms with Gasteiger partial charge in [0.25, 0.3) is 5.91 Å². The van der Waals surface area contributed by atoms with Crippen LogP contribution in [0.2, 0.25) is 0 Å². The van der Waals surface area contributed by atoms with E-state index < -0.39 is 5.97 Å². The number of likely N-dealkylation sites (tertiary alicyclic amines) is 1. The number of carbonyl (C=O) groups excluding carboxylic acids is 1. The lowest BCUT2D eigenvalue weighted by atomic mass is 9.90. The Kier molecular flexibility index (Phi) is 4.74. The Morgan fingerprint density at radius 2 is 1.85 bits per heavy atom. The van der Waals surface area contributed by atoms with Crippen LogP contribution >= 0.6 is 0 Å². The van der Waals surface area contributed by atoms with Crippen molar-refractivity contribution in [2.24, 2.45) is 11.3 Å². The van der Waals surface area contributed by atoms with Gasteiger partial charge in [-0.25, -0.2) is 0 Å². The average molecular weight is 373 g/mol. The Bertz CT molecular complexity index is 732. The zero-order chi connectivity index (χ0) is 19.0. The van der Waals surface area contributed by atoms with Crippen LogP contribution in [0.1, 0.15) is 55.3 Å². The molecule has 3 aliphatic rings. The molecule has 1 spiro atoms. The van der Waals surface area contributed by atoms with E-state index in [1.54, 1.807) is 25.3 Å². The van der Waals surface area contributed by atoms with Gasteiger partial charge in [0.15, 0.2) is 11.5 Å². The summed E-state index contributed by atoms with van der Waals surface area (Å²) in [7, 11) is 1.61. The van der Waals surface area contributed by atoms with Gasteiger partial charge in [-0.2, -0.15) is 0 Å². The van der Waals surface area contributed by atoms with E-state index in [0.717, 1.165) is 32.1 Å². The normalized spacial score (nSPS) is 24.0. The van der Waals surface area contributed by atoms with E-state index in [4.69, 9.17) is 9.47 Å². The standard InChI is InChI=1S/C21H27NO5/c1-26-17-7-6-14(12-18(17)27-15-4-2-3-5-15)19(23)22-10-8-21(9-11-22)13-16(21)20(24)25/h6-7,12,15-16H,2-5,8-11,13H2,1H3,(H,24,25). The number of hydrogen-bond donors (Lipinski definition) is 1. The van der Waals surface area contributed by atoms with Crippen LogP contribution in [0.15, 0.2) is 18.2 Å². The molecular formula is C21H27NO5. The maximum atomic E-state index is 12.9. The summed E-state index contributed by atoms with van der Waals surface area (Å²) >= 11 is 0. The molecule has 2 aliphatic carbocycles. The van der Waals surface area contributed by atoms with Crippen LogP contribution in [0.25, 0.3) is 0 Å². The fraction of sp³-hybridized carbons (Fsp3) is 0.619. The zero-order valence-corrected chi connectivity index (χ0v) is 15.8. The molecule has 0 radical (unpaired) electrons. The zero-order valence-electron chi connectivity index (χ0n) is 15.8. The highest BCUT2D eigenvalue weighted by Gasteiger charge is 2.59. The maximum Gasteiger partial charge on any atom is 0.307 e. The quantitative estimate of drug-likeness (QED) is 0.857. The van der Waals surface area contributed by atoms with E-state index in [-0.39, 0.29) is 23.3 Å². The lowest BCUT2D eigenvalue weighted by molar-refractivity contribution is -0.139. The highest BCUT2D eigenvalue weighted by atomic mass is 16.5. The van der Waals surface area contributed by atoms with Crippen LogP contribution in [0.5, 0.6) is 11.5 Å². The van der Waals surface area contributed by atoms with Crippen LogP contribution in [-0.4, -0.2) is 48.2 Å². The van der Waals surface area contributed by atoms with Crippen molar-refractivity contribution in [3.63, 3.8) is 0 Å². The topological polar surface area (TPSA) is 76.1 Å². The molecule has 3 fully saturated rings. The fourth-order valence-electron chi connectivity index (χ4n) is 4.67. The molecule has 1 aromatic carbocycles. The molecule has 4 rings (SSSR count). The Morgan fingerprint density at radius 1 is 1.15 bits per heavy atom. The average Bonchev–Trinajstić information content (AvgIpc) is 3.13. The number of carboxylic acid groups (broad SMARTS) is 1. The third kappa shape index (κ3) is 3.49. The van der Waals surface area contributed by atoms with Gasteiger partial charge >= 0.3 is 5.97 Å². The molecule has 1 saturated heterocycles. The Morgan fingerprint density at radius 3 is 2.44 bits per heavy atom. The minimum atomic E-state index is -0.696. The Labute approximate surface area is 159 Å². The Balaban J connectivity index is 1.43. The van der Waals surface area contributed by atoms with Crippen LogP contribution < -0.4 is 9.47 Å². The summed E-state index contributed by atoms with van der Waals surface area (Å²) in [5.74, 6) is 0.354. The van der Waals surface area contributed by atoms with E-state index in [2.05, 4.69) is 0 Å². The maximum absolute atomic E-state index is 12.9. The molecule has 1 N–H and O–H groups in total. The summed E-state index contributed by atoms with van der Waals surface area (Å²) in [6.45, 7) is 1.24. The van der Waals surface area contributed by atoms with E-state index in [9.17, 15) is 14.7 Å². The number of benzene rings is 1. The first-order valence-corrected chi connectivity index (χ1v) is 9.89. The molecule has 0 aromatic heterocycles. The predicted octanol–water partition coefficient (Wildman–Crippen LogP) is 3.34. The largest absolute Gasteiger partial charge is 0.493 e. The summed E-state index contributed by atoms with van der Waals surface area (Å²) in [5.41, 5.74) is 0.532. The molecule has 146 valence electrons. The first kappa shape index (κ1) is 18.1. The number of aliphatic carboxylic acids is 1. The van der Waals surface area contributed by atoms with E-state index in [1.807, 2.05) is 4.90 Å². The van der Waals surface area contributed by atoms with Crippen molar-refractivity contribution < 1.29 is 24.2 Å². The minimum Gasteiger partial charge on any atom is -0.493 e. The first-order valence-electron chi connectivity index (χ1n) is 9.89. The second kappa shape index (κ2) is 7.06. The molecule has 1 amide bonds. The number of carbonyl (C=O) groups is 2. The van der Waals surface area contributed by atoms with Gasteiger partial charge in [0, 0.05) is 18.7 Å². The Hall–Kier alpha value is -2.24. The second-order valence-electron chi connectivity index (χ2n) is 8.14. The van der Waals surface area contributed by atoms with Crippen molar-refractivity contribution >= 4 is 11.9 Å². The lowest BCUT2D eigenvalue weighted by Crippen LogP contribution is -2.40. The van der Waals surface area contributed by atoms with Gasteiger partial charge in [0.2, 0.25) is 0 Å². The summed E-state index contributed by atoms with van der Waals surface area (Å²) in [4.78, 5) is 26.0. The first-order chi connectivity index (χ1) is 13.0. The van der Waals surface area contributed by atoms with Crippen molar-refractivity contribution in [3.05, 3.63) is 23.8 Å². The summed E-state index contributed by atoms with van der Waals surface area (Å²) in [5, 5.41) is 9.21. The van der Waals surface area contributed by atoms with Gasteiger partial charge in [0.1, 0.15) is 0 Å². The fourth-order valence-corrected chi connectivity index (χ4v) is 4.67. The predicted molar refractivity (Wildman–Crippen MR) is 99.2 cm³/mol. The van der Waals surface area contributed by atoms with Gasteiger partial charge in [-0.15, -0.1) is 0 Å². The summed E-state index contributed by atoms with van der Waals surface area (Å²) < 4.78 is 11.5. The molecule has 1 aliphatic heterocycles. The number of piperidine rings is 1. The summed E-state index contributed by atoms with van der Waals surface area (Å²) in [6, 6.07) is 5.37. The number of methoxy groups -OCH3 is 1. The number of amides is 1. The molecular weight excluding hydrogens is 346 g/mol. The van der Waals surface area contributed by atoms with Crippen LogP contribution in [0.3, 0.4) is 0 Å². The van der Waals surface area contributed by atoms with Gasteiger partial charge in [-0.05, 0) is 68.6 Å². The molecule has 1 unspecified atom stereocenters. The number of ether oxygens (including phenoxy) is 2. The van der Waals surface area contributed by atoms with E-state index in [1.165, 1.54) is 12.8 Å². The van der Waals surface area contributed by atoms with Crippen molar-refractivity contribution in [3.8, 4) is 11.5 Å². The number of carboxylic acids is 1. The SMILES string of the molecule is COc1ccc(C(=O)N2CCC3(CC2)CC3C(=O)O)cc1OC1CCCC1. The van der Waals surface area contributed by atoms with Crippen LogP contribution in [0.4, 0.5) is 0 Å². The van der Waals surface area contributed by atoms with Gasteiger partial charge in [-0.3, -0.25) is 9.59 Å². The van der Waals surface area contributed by atoms with Gasteiger partial charge < -0.3 is 19.5 Å². The molecule has 6 heteroatoms. The van der Waals surface area contributed by atoms with E-state index >= 15 is 0 Å². The third-order valence-corrected chi connectivity index (χ3v) is 6.54.